The summed E-state index contributed by atoms with van der Waals surface area (Å²) in [5, 5.41) is 3.58. The van der Waals surface area contributed by atoms with E-state index in [4.69, 9.17) is 16.3 Å². The third-order valence-corrected chi connectivity index (χ3v) is 4.65. The van der Waals surface area contributed by atoms with E-state index < -0.39 is 0 Å². The number of carbonyl (C=O) groups excluding carboxylic acids is 1. The van der Waals surface area contributed by atoms with Crippen LogP contribution in [0.1, 0.15) is 23.2 Å². The second-order valence-corrected chi connectivity index (χ2v) is 5.96. The molecule has 1 saturated heterocycles. The summed E-state index contributed by atoms with van der Waals surface area (Å²) < 4.78 is 6.24. The zero-order chi connectivity index (χ0) is 13.0. The third-order valence-electron chi connectivity index (χ3n) is 3.07. The molecule has 1 heterocycles. The predicted octanol–water partition coefficient (Wildman–Crippen LogP) is 3.10. The van der Waals surface area contributed by atoms with Crippen molar-refractivity contribution in [3.8, 4) is 0 Å². The molecular weight excluding hydrogens is 365 g/mol. The molecule has 0 spiro atoms. The van der Waals surface area contributed by atoms with E-state index in [1.807, 2.05) is 6.07 Å². The van der Waals surface area contributed by atoms with E-state index in [9.17, 15) is 4.79 Å². The third kappa shape index (κ3) is 3.83. The molecule has 3 nitrogen and oxygen atoms in total. The first kappa shape index (κ1) is 14.1. The zero-order valence-corrected chi connectivity index (χ0v) is 12.8. The smallest absolute Gasteiger partial charge is 0.251 e. The van der Waals surface area contributed by atoms with E-state index in [1.165, 1.54) is 0 Å². The van der Waals surface area contributed by atoms with Crippen LogP contribution in [0.4, 0.5) is 0 Å². The van der Waals surface area contributed by atoms with Crippen molar-refractivity contribution in [2.75, 3.05) is 19.8 Å². The number of benzene rings is 1. The van der Waals surface area contributed by atoms with Gasteiger partial charge in [0.2, 0.25) is 0 Å². The zero-order valence-electron chi connectivity index (χ0n) is 9.92. The molecule has 18 heavy (non-hydrogen) atoms. The number of nitrogens with one attached hydrogen (secondary N) is 1. The first-order valence-electron chi connectivity index (χ1n) is 5.98. The molecule has 0 atom stereocenters. The van der Waals surface area contributed by atoms with Gasteiger partial charge in [-0.3, -0.25) is 4.79 Å². The highest BCUT2D eigenvalue weighted by molar-refractivity contribution is 14.1. The maximum Gasteiger partial charge on any atom is 0.251 e. The Kier molecular flexibility index (Phi) is 5.26. The molecule has 98 valence electrons. The Morgan fingerprint density at radius 2 is 2.17 bits per heavy atom. The molecule has 0 unspecified atom stereocenters. The molecule has 5 heteroatoms. The highest BCUT2D eigenvalue weighted by Crippen LogP contribution is 2.19. The highest BCUT2D eigenvalue weighted by Gasteiger charge is 2.15. The average molecular weight is 380 g/mol. The van der Waals surface area contributed by atoms with Crippen molar-refractivity contribution in [1.82, 2.24) is 5.32 Å². The van der Waals surface area contributed by atoms with Crippen LogP contribution in [-0.2, 0) is 4.74 Å². The Balaban J connectivity index is 1.88. The average Bonchev–Trinajstić information content (AvgIpc) is 2.40. The summed E-state index contributed by atoms with van der Waals surface area (Å²) in [4.78, 5) is 11.9. The van der Waals surface area contributed by atoms with E-state index in [-0.39, 0.29) is 5.91 Å². The number of carbonyl (C=O) groups is 1. The van der Waals surface area contributed by atoms with Gasteiger partial charge in [-0.2, -0.15) is 0 Å². The summed E-state index contributed by atoms with van der Waals surface area (Å²) in [7, 11) is 0. The van der Waals surface area contributed by atoms with E-state index in [2.05, 4.69) is 27.9 Å². The van der Waals surface area contributed by atoms with Crippen LogP contribution in [0.25, 0.3) is 0 Å². The molecule has 0 radical (unpaired) electrons. The van der Waals surface area contributed by atoms with Crippen molar-refractivity contribution in [1.29, 1.82) is 0 Å². The largest absolute Gasteiger partial charge is 0.381 e. The first-order chi connectivity index (χ1) is 8.66. The second-order valence-electron chi connectivity index (χ2n) is 4.39. The number of rotatable bonds is 3. The lowest BCUT2D eigenvalue weighted by atomic mass is 10.0. The lowest BCUT2D eigenvalue weighted by Crippen LogP contribution is -2.32. The van der Waals surface area contributed by atoms with Crippen molar-refractivity contribution in [3.05, 3.63) is 32.4 Å². The predicted molar refractivity (Wildman–Crippen MR) is 80.0 cm³/mol. The van der Waals surface area contributed by atoms with Gasteiger partial charge in [0.15, 0.2) is 0 Å². The molecule has 0 aromatic heterocycles. The van der Waals surface area contributed by atoms with E-state index >= 15 is 0 Å². The summed E-state index contributed by atoms with van der Waals surface area (Å²) in [6.07, 6.45) is 2.04. The molecule has 1 N–H and O–H groups in total. The Labute approximate surface area is 125 Å². The highest BCUT2D eigenvalue weighted by atomic mass is 127. The van der Waals surface area contributed by atoms with Crippen LogP contribution >= 0.6 is 34.2 Å². The fraction of sp³-hybridized carbons (Fsp3) is 0.462. The van der Waals surface area contributed by atoms with Crippen LogP contribution in [0, 0.1) is 9.49 Å². The fourth-order valence-corrected chi connectivity index (χ4v) is 2.44. The lowest BCUT2D eigenvalue weighted by molar-refractivity contribution is 0.0642. The van der Waals surface area contributed by atoms with Gasteiger partial charge in [-0.25, -0.2) is 0 Å². The number of hydrogen-bond donors (Lipinski definition) is 1. The minimum absolute atomic E-state index is 0.0557. The number of ether oxygens (including phenoxy) is 1. The van der Waals surface area contributed by atoms with Gasteiger partial charge >= 0.3 is 0 Å². The van der Waals surface area contributed by atoms with Gasteiger partial charge in [-0.05, 0) is 59.5 Å². The quantitative estimate of drug-likeness (QED) is 0.820. The minimum Gasteiger partial charge on any atom is -0.381 e. The SMILES string of the molecule is O=C(NCC1CCOCC1)c1ccc(I)c(Cl)c1. The van der Waals surface area contributed by atoms with E-state index in [0.29, 0.717) is 23.0 Å². The van der Waals surface area contributed by atoms with Gasteiger partial charge in [-0.15, -0.1) is 0 Å². The Hall–Kier alpha value is -0.330. The molecule has 2 rings (SSSR count). The maximum absolute atomic E-state index is 11.9. The number of hydrogen-bond acceptors (Lipinski definition) is 2. The Morgan fingerprint density at radius 3 is 2.83 bits per heavy atom. The van der Waals surface area contributed by atoms with Gasteiger partial charge in [-0.1, -0.05) is 11.6 Å². The topological polar surface area (TPSA) is 38.3 Å². The van der Waals surface area contributed by atoms with Gasteiger partial charge in [0.05, 0.1) is 5.02 Å². The molecule has 1 amide bonds. The van der Waals surface area contributed by atoms with Crippen LogP contribution in [0.5, 0.6) is 0 Å². The van der Waals surface area contributed by atoms with Gasteiger partial charge in [0, 0.05) is 28.9 Å². The molecule has 1 aliphatic heterocycles. The number of amides is 1. The second kappa shape index (κ2) is 6.73. The van der Waals surface area contributed by atoms with Gasteiger partial charge in [0.25, 0.3) is 5.91 Å². The lowest BCUT2D eigenvalue weighted by Gasteiger charge is -2.22. The number of halogens is 2. The maximum atomic E-state index is 11.9. The minimum atomic E-state index is -0.0557. The molecule has 1 aliphatic rings. The molecular formula is C13H15ClINO2. The van der Waals surface area contributed by atoms with Crippen LogP contribution in [0.3, 0.4) is 0 Å². The summed E-state index contributed by atoms with van der Waals surface area (Å²) in [6.45, 7) is 2.32. The molecule has 0 saturated carbocycles. The van der Waals surface area contributed by atoms with Crippen molar-refractivity contribution in [3.63, 3.8) is 0 Å². The Morgan fingerprint density at radius 1 is 1.44 bits per heavy atom. The molecule has 1 aromatic carbocycles. The first-order valence-corrected chi connectivity index (χ1v) is 7.43. The summed E-state index contributed by atoms with van der Waals surface area (Å²) in [5.41, 5.74) is 0.618. The van der Waals surface area contributed by atoms with Crippen LogP contribution < -0.4 is 5.32 Å². The summed E-state index contributed by atoms with van der Waals surface area (Å²) in [5.74, 6) is 0.474. The van der Waals surface area contributed by atoms with E-state index in [1.54, 1.807) is 12.1 Å². The molecule has 0 aliphatic carbocycles. The van der Waals surface area contributed by atoms with Gasteiger partial charge < -0.3 is 10.1 Å². The van der Waals surface area contributed by atoms with Gasteiger partial charge in [0.1, 0.15) is 0 Å². The van der Waals surface area contributed by atoms with Crippen molar-refractivity contribution >= 4 is 40.1 Å². The van der Waals surface area contributed by atoms with Crippen molar-refractivity contribution < 1.29 is 9.53 Å². The van der Waals surface area contributed by atoms with Crippen molar-refractivity contribution in [2.24, 2.45) is 5.92 Å². The summed E-state index contributed by atoms with van der Waals surface area (Å²) >= 11 is 8.15. The molecule has 1 fully saturated rings. The summed E-state index contributed by atoms with van der Waals surface area (Å²) in [6, 6.07) is 5.36. The normalized spacial score (nSPS) is 16.6. The fourth-order valence-electron chi connectivity index (χ4n) is 1.93. The Bertz CT molecular complexity index is 433. The van der Waals surface area contributed by atoms with E-state index in [0.717, 1.165) is 29.6 Å². The van der Waals surface area contributed by atoms with Crippen LogP contribution in [0.15, 0.2) is 18.2 Å². The van der Waals surface area contributed by atoms with Crippen LogP contribution in [-0.4, -0.2) is 25.7 Å². The molecule has 0 bridgehead atoms. The van der Waals surface area contributed by atoms with Crippen molar-refractivity contribution in [2.45, 2.75) is 12.8 Å². The van der Waals surface area contributed by atoms with Crippen LogP contribution in [0.2, 0.25) is 5.02 Å². The molecule has 1 aromatic rings. The standard InChI is InChI=1S/C13H15ClINO2/c14-11-7-10(1-2-12(11)15)13(17)16-8-9-3-5-18-6-4-9/h1-2,7,9H,3-6,8H2,(H,16,17). The monoisotopic (exact) mass is 379 g/mol.